The highest BCUT2D eigenvalue weighted by molar-refractivity contribution is 14.2. The van der Waals surface area contributed by atoms with Crippen molar-refractivity contribution in [3.8, 4) is 11.3 Å². The molecular formula is C10H9IN2S. The lowest BCUT2D eigenvalue weighted by atomic mass is 10.1. The molecule has 1 heterocycles. The van der Waals surface area contributed by atoms with Crippen molar-refractivity contribution >= 4 is 30.1 Å². The minimum Gasteiger partial charge on any atom is -0.267 e. The summed E-state index contributed by atoms with van der Waals surface area (Å²) in [4.78, 5) is 0. The second kappa shape index (κ2) is 4.35. The van der Waals surface area contributed by atoms with Crippen LogP contribution in [0.1, 0.15) is 0 Å². The highest BCUT2D eigenvalue weighted by Gasteiger charge is 2.05. The maximum atomic E-state index is 4.38. The summed E-state index contributed by atoms with van der Waals surface area (Å²) >= 11 is 2.24. The molecular weight excluding hydrogens is 307 g/mol. The van der Waals surface area contributed by atoms with Crippen molar-refractivity contribution in [1.29, 1.82) is 0 Å². The monoisotopic (exact) mass is 316 g/mol. The number of nitrogens with zero attached hydrogens (tertiary/aromatic N) is 2. The Hall–Kier alpha value is -0.490. The van der Waals surface area contributed by atoms with Crippen LogP contribution < -0.4 is 0 Å². The number of benzene rings is 1. The van der Waals surface area contributed by atoms with E-state index >= 15 is 0 Å². The fourth-order valence-corrected chi connectivity index (χ4v) is 2.31. The number of aromatic nitrogens is 2. The molecule has 2 rings (SSSR count). The number of rotatable bonds is 2. The van der Waals surface area contributed by atoms with Crippen LogP contribution in [-0.4, -0.2) is 9.78 Å². The minimum atomic E-state index is 1.05. The van der Waals surface area contributed by atoms with Crippen LogP contribution >= 0.6 is 30.1 Å². The molecule has 2 aromatic rings. The Morgan fingerprint density at radius 2 is 2.00 bits per heavy atom. The molecule has 14 heavy (non-hydrogen) atoms. The van der Waals surface area contributed by atoms with Gasteiger partial charge in [-0.25, -0.2) is 0 Å². The molecule has 0 saturated heterocycles. The van der Waals surface area contributed by atoms with Crippen LogP contribution in [0.5, 0.6) is 0 Å². The summed E-state index contributed by atoms with van der Waals surface area (Å²) in [5, 5.41) is 5.43. The molecule has 4 heteroatoms. The van der Waals surface area contributed by atoms with Crippen LogP contribution in [-0.2, 0) is 7.05 Å². The number of halogens is 1. The predicted octanol–water partition coefficient (Wildman–Crippen LogP) is 3.53. The molecule has 1 aromatic carbocycles. The van der Waals surface area contributed by atoms with Crippen molar-refractivity contribution in [3.05, 3.63) is 36.4 Å². The number of hydrogen-bond donors (Lipinski definition) is 0. The van der Waals surface area contributed by atoms with Crippen LogP contribution in [0.3, 0.4) is 0 Å². The molecule has 0 radical (unpaired) electrons. The van der Waals surface area contributed by atoms with Crippen LogP contribution in [0.15, 0.2) is 41.4 Å². The molecule has 0 bridgehead atoms. The summed E-state index contributed by atoms with van der Waals surface area (Å²) in [7, 11) is 3.61. The second-order valence-electron chi connectivity index (χ2n) is 2.93. The van der Waals surface area contributed by atoms with Crippen molar-refractivity contribution < 1.29 is 0 Å². The molecule has 0 unspecified atom stereocenters. The van der Waals surface area contributed by atoms with Gasteiger partial charge in [-0.3, -0.25) is 4.68 Å². The highest BCUT2D eigenvalue weighted by Crippen LogP contribution is 2.28. The van der Waals surface area contributed by atoms with E-state index in [1.807, 2.05) is 29.9 Å². The van der Waals surface area contributed by atoms with E-state index in [0.717, 1.165) is 10.7 Å². The molecule has 0 aliphatic heterocycles. The quantitative estimate of drug-likeness (QED) is 0.789. The summed E-state index contributed by atoms with van der Waals surface area (Å²) in [5.74, 6) is 0. The number of hydrogen-bond acceptors (Lipinski definition) is 2. The van der Waals surface area contributed by atoms with Gasteiger partial charge in [0.15, 0.2) is 0 Å². The van der Waals surface area contributed by atoms with Gasteiger partial charge in [0.25, 0.3) is 0 Å². The van der Waals surface area contributed by atoms with E-state index in [1.165, 1.54) is 5.56 Å². The zero-order valence-corrected chi connectivity index (χ0v) is 10.6. The van der Waals surface area contributed by atoms with Gasteiger partial charge in [0.1, 0.15) is 5.03 Å². The Bertz CT molecular complexity index is 425. The Labute approximate surface area is 99.3 Å². The van der Waals surface area contributed by atoms with Gasteiger partial charge in [-0.2, -0.15) is 5.10 Å². The summed E-state index contributed by atoms with van der Waals surface area (Å²) in [6.45, 7) is 0. The number of aryl methyl sites for hydroxylation is 1. The first-order valence-electron chi connectivity index (χ1n) is 4.19. The first kappa shape index (κ1) is 10.0. The smallest absolute Gasteiger partial charge is 0.129 e. The van der Waals surface area contributed by atoms with E-state index in [4.69, 9.17) is 0 Å². The molecule has 0 atom stereocenters. The van der Waals surface area contributed by atoms with Gasteiger partial charge < -0.3 is 0 Å². The zero-order valence-electron chi connectivity index (χ0n) is 7.64. The lowest BCUT2D eigenvalue weighted by Gasteiger charge is -1.99. The molecule has 0 fully saturated rings. The van der Waals surface area contributed by atoms with E-state index in [1.54, 1.807) is 8.93 Å². The van der Waals surface area contributed by atoms with E-state index < -0.39 is 0 Å². The van der Waals surface area contributed by atoms with Gasteiger partial charge >= 0.3 is 0 Å². The van der Waals surface area contributed by atoms with Crippen LogP contribution in [0.2, 0.25) is 0 Å². The van der Waals surface area contributed by atoms with Crippen LogP contribution in [0.4, 0.5) is 0 Å². The fourth-order valence-electron chi connectivity index (χ4n) is 1.36. The largest absolute Gasteiger partial charge is 0.267 e. The van der Waals surface area contributed by atoms with Crippen molar-refractivity contribution in [2.45, 2.75) is 5.03 Å². The normalized spacial score (nSPS) is 10.4. The third-order valence-electron chi connectivity index (χ3n) is 2.01. The Kier molecular flexibility index (Phi) is 3.12. The van der Waals surface area contributed by atoms with Gasteiger partial charge in [-0.15, -0.1) is 0 Å². The lowest BCUT2D eigenvalue weighted by Crippen LogP contribution is -1.92. The van der Waals surface area contributed by atoms with Crippen LogP contribution in [0, 0.1) is 0 Å². The maximum Gasteiger partial charge on any atom is 0.129 e. The van der Waals surface area contributed by atoms with Crippen LogP contribution in [0.25, 0.3) is 11.3 Å². The molecule has 0 N–H and O–H groups in total. The first-order chi connectivity index (χ1) is 6.81. The van der Waals surface area contributed by atoms with Crippen molar-refractivity contribution in [2.75, 3.05) is 0 Å². The van der Waals surface area contributed by atoms with Crippen molar-refractivity contribution in [3.63, 3.8) is 0 Å². The Balaban J connectivity index is 2.46. The lowest BCUT2D eigenvalue weighted by molar-refractivity contribution is 0.746. The average Bonchev–Trinajstić information content (AvgIpc) is 2.61. The van der Waals surface area contributed by atoms with Crippen molar-refractivity contribution in [2.24, 2.45) is 7.05 Å². The summed E-state index contributed by atoms with van der Waals surface area (Å²) < 4.78 is 1.91. The molecule has 72 valence electrons. The summed E-state index contributed by atoms with van der Waals surface area (Å²) in [6.07, 6.45) is 0. The fraction of sp³-hybridized carbons (Fsp3) is 0.100. The highest BCUT2D eigenvalue weighted by atomic mass is 127. The predicted molar refractivity (Wildman–Crippen MR) is 68.5 cm³/mol. The Morgan fingerprint density at radius 1 is 1.29 bits per heavy atom. The first-order valence-corrected chi connectivity index (χ1v) is 7.55. The standard InChI is InChI=1S/C10H9IN2S/c1-13-9(7-10(12-13)14-11)8-5-3-2-4-6-8/h2-7H,1H3. The van der Waals surface area contributed by atoms with E-state index in [0.29, 0.717) is 0 Å². The second-order valence-corrected chi connectivity index (χ2v) is 4.83. The topological polar surface area (TPSA) is 17.8 Å². The molecule has 0 aliphatic carbocycles. The molecule has 0 spiro atoms. The third kappa shape index (κ3) is 1.95. The van der Waals surface area contributed by atoms with Crippen molar-refractivity contribution in [1.82, 2.24) is 9.78 Å². The molecule has 2 nitrogen and oxygen atoms in total. The zero-order chi connectivity index (χ0) is 9.97. The summed E-state index contributed by atoms with van der Waals surface area (Å²) in [6, 6.07) is 12.4. The molecule has 1 aromatic heterocycles. The maximum absolute atomic E-state index is 4.38. The minimum absolute atomic E-state index is 1.05. The third-order valence-corrected chi connectivity index (χ3v) is 3.72. The van der Waals surface area contributed by atoms with Gasteiger partial charge in [0.2, 0.25) is 0 Å². The summed E-state index contributed by atoms with van der Waals surface area (Å²) in [5.41, 5.74) is 2.36. The Morgan fingerprint density at radius 3 is 2.57 bits per heavy atom. The molecule has 0 aliphatic rings. The van der Waals surface area contributed by atoms with Gasteiger partial charge in [-0.05, 0) is 20.6 Å². The SMILES string of the molecule is Cn1nc(SI)cc1-c1ccccc1. The van der Waals surface area contributed by atoms with E-state index in [9.17, 15) is 0 Å². The van der Waals surface area contributed by atoms with Gasteiger partial charge in [0, 0.05) is 28.3 Å². The van der Waals surface area contributed by atoms with E-state index in [-0.39, 0.29) is 0 Å². The van der Waals surface area contributed by atoms with Gasteiger partial charge in [-0.1, -0.05) is 30.3 Å². The molecule has 0 amide bonds. The average molecular weight is 316 g/mol. The molecule has 0 saturated carbocycles. The van der Waals surface area contributed by atoms with Gasteiger partial charge in [0.05, 0.1) is 5.69 Å². The van der Waals surface area contributed by atoms with E-state index in [2.05, 4.69) is 44.5 Å².